The van der Waals surface area contributed by atoms with E-state index in [0.29, 0.717) is 6.04 Å². The van der Waals surface area contributed by atoms with E-state index in [4.69, 9.17) is 0 Å². The molecule has 2 nitrogen and oxygen atoms in total. The van der Waals surface area contributed by atoms with Gasteiger partial charge in [-0.15, -0.1) is 0 Å². The van der Waals surface area contributed by atoms with E-state index in [1.807, 2.05) is 0 Å². The molecule has 0 amide bonds. The lowest BCUT2D eigenvalue weighted by atomic mass is 9.82. The van der Waals surface area contributed by atoms with Crippen molar-refractivity contribution in [1.82, 2.24) is 10.6 Å². The van der Waals surface area contributed by atoms with Crippen LogP contribution in [-0.2, 0) is 0 Å². The first-order chi connectivity index (χ1) is 8.06. The molecule has 2 N–H and O–H groups in total. The number of hydrogen-bond donors (Lipinski definition) is 2. The fourth-order valence-corrected chi connectivity index (χ4v) is 2.88. The Morgan fingerprint density at radius 2 is 1.65 bits per heavy atom. The molecular weight excluding hydrogens is 208 g/mol. The maximum absolute atomic E-state index is 3.52. The van der Waals surface area contributed by atoms with Gasteiger partial charge in [0.05, 0.1) is 0 Å². The summed E-state index contributed by atoms with van der Waals surface area (Å²) in [4.78, 5) is 0. The molecule has 0 spiro atoms. The van der Waals surface area contributed by atoms with Crippen molar-refractivity contribution in [2.75, 3.05) is 20.1 Å². The third-order valence-corrected chi connectivity index (χ3v) is 4.33. The molecule has 1 fully saturated rings. The smallest absolute Gasteiger partial charge is 0.0376 e. The van der Waals surface area contributed by atoms with Crippen LogP contribution in [0.3, 0.4) is 0 Å². The number of rotatable bonds is 3. The summed E-state index contributed by atoms with van der Waals surface area (Å²) in [5.41, 5.74) is 7.27. The summed E-state index contributed by atoms with van der Waals surface area (Å²) in [7, 11) is 2.08. The fourth-order valence-electron chi connectivity index (χ4n) is 2.88. The van der Waals surface area contributed by atoms with Crippen LogP contribution < -0.4 is 10.6 Å². The monoisotopic (exact) mass is 232 g/mol. The summed E-state index contributed by atoms with van der Waals surface area (Å²) in [6, 6.07) is 2.80. The van der Waals surface area contributed by atoms with Gasteiger partial charge in [0, 0.05) is 25.0 Å². The third kappa shape index (κ3) is 2.12. The average molecular weight is 232 g/mol. The molecule has 0 aromatic heterocycles. The minimum atomic E-state index is 0.495. The summed E-state index contributed by atoms with van der Waals surface area (Å²) in [6.07, 6.45) is 0. The van der Waals surface area contributed by atoms with Crippen LogP contribution in [0.2, 0.25) is 0 Å². The topological polar surface area (TPSA) is 24.1 Å². The van der Waals surface area contributed by atoms with Crippen LogP contribution in [0.4, 0.5) is 0 Å². The van der Waals surface area contributed by atoms with Gasteiger partial charge < -0.3 is 10.6 Å². The minimum Gasteiger partial charge on any atom is -0.316 e. The first-order valence-corrected chi connectivity index (χ1v) is 6.51. The van der Waals surface area contributed by atoms with Gasteiger partial charge in [-0.05, 0) is 62.6 Å². The first-order valence-electron chi connectivity index (χ1n) is 6.51. The van der Waals surface area contributed by atoms with E-state index >= 15 is 0 Å². The van der Waals surface area contributed by atoms with Crippen molar-refractivity contribution in [3.05, 3.63) is 33.9 Å². The number of hydrogen-bond acceptors (Lipinski definition) is 2. The van der Waals surface area contributed by atoms with Gasteiger partial charge in [-0.2, -0.15) is 0 Å². The van der Waals surface area contributed by atoms with E-state index in [0.717, 1.165) is 19.0 Å². The van der Waals surface area contributed by atoms with Crippen molar-refractivity contribution in [3.63, 3.8) is 0 Å². The van der Waals surface area contributed by atoms with Crippen LogP contribution in [-0.4, -0.2) is 20.1 Å². The molecule has 0 bridgehead atoms. The minimum absolute atomic E-state index is 0.495. The predicted octanol–water partition coefficient (Wildman–Crippen LogP) is 2.40. The van der Waals surface area contributed by atoms with Crippen molar-refractivity contribution in [2.24, 2.45) is 5.92 Å². The Morgan fingerprint density at radius 1 is 1.12 bits per heavy atom. The quantitative estimate of drug-likeness (QED) is 0.836. The van der Waals surface area contributed by atoms with Crippen LogP contribution >= 0.6 is 0 Å². The van der Waals surface area contributed by atoms with E-state index in [9.17, 15) is 0 Å². The summed E-state index contributed by atoms with van der Waals surface area (Å²) in [5, 5.41) is 6.89. The molecule has 1 saturated heterocycles. The summed E-state index contributed by atoms with van der Waals surface area (Å²) >= 11 is 0. The molecule has 94 valence electrons. The maximum Gasteiger partial charge on any atom is 0.0376 e. The molecule has 1 atom stereocenters. The van der Waals surface area contributed by atoms with Gasteiger partial charge in [0.25, 0.3) is 0 Å². The molecule has 1 aliphatic heterocycles. The largest absolute Gasteiger partial charge is 0.316 e. The van der Waals surface area contributed by atoms with E-state index < -0.39 is 0 Å². The lowest BCUT2D eigenvalue weighted by Crippen LogP contribution is -2.48. The van der Waals surface area contributed by atoms with Crippen molar-refractivity contribution in [3.8, 4) is 0 Å². The molecule has 2 heteroatoms. The maximum atomic E-state index is 3.52. The van der Waals surface area contributed by atoms with Crippen LogP contribution in [0.15, 0.2) is 6.07 Å². The van der Waals surface area contributed by atoms with Gasteiger partial charge in [-0.3, -0.25) is 0 Å². The summed E-state index contributed by atoms with van der Waals surface area (Å²) in [5.74, 6) is 0.735. The number of aryl methyl sites for hydroxylation is 2. The molecule has 1 unspecified atom stereocenters. The highest BCUT2D eigenvalue weighted by molar-refractivity contribution is 5.46. The van der Waals surface area contributed by atoms with Gasteiger partial charge in [0.1, 0.15) is 0 Å². The molecule has 1 aromatic carbocycles. The molecule has 0 aliphatic carbocycles. The Morgan fingerprint density at radius 3 is 2.00 bits per heavy atom. The number of nitrogens with one attached hydrogen (secondary N) is 2. The highest BCUT2D eigenvalue weighted by Crippen LogP contribution is 2.32. The first kappa shape index (κ1) is 12.6. The van der Waals surface area contributed by atoms with Gasteiger partial charge in [0.2, 0.25) is 0 Å². The highest BCUT2D eigenvalue weighted by Gasteiger charge is 2.29. The molecule has 1 aromatic rings. The van der Waals surface area contributed by atoms with E-state index in [1.54, 1.807) is 0 Å². The van der Waals surface area contributed by atoms with Gasteiger partial charge >= 0.3 is 0 Å². The predicted molar refractivity (Wildman–Crippen MR) is 73.6 cm³/mol. The van der Waals surface area contributed by atoms with Gasteiger partial charge in [-0.1, -0.05) is 6.07 Å². The SMILES string of the molecule is CNC(c1c(C)c(C)cc(C)c1C)C1CNC1. The molecular formula is C15H24N2. The number of benzene rings is 1. The van der Waals surface area contributed by atoms with E-state index in [2.05, 4.69) is 51.4 Å². The fraction of sp³-hybridized carbons (Fsp3) is 0.600. The van der Waals surface area contributed by atoms with Crippen molar-refractivity contribution < 1.29 is 0 Å². The Bertz CT molecular complexity index is 393. The second-order valence-electron chi connectivity index (χ2n) is 5.36. The Hall–Kier alpha value is -0.860. The summed E-state index contributed by atoms with van der Waals surface area (Å²) in [6.45, 7) is 11.2. The average Bonchev–Trinajstić information content (AvgIpc) is 2.22. The Labute approximate surface area is 105 Å². The molecule has 2 rings (SSSR count). The third-order valence-electron chi connectivity index (χ3n) is 4.33. The second kappa shape index (κ2) is 4.79. The van der Waals surface area contributed by atoms with Crippen molar-refractivity contribution in [2.45, 2.75) is 33.7 Å². The molecule has 1 heterocycles. The van der Waals surface area contributed by atoms with Gasteiger partial charge in [-0.25, -0.2) is 0 Å². The van der Waals surface area contributed by atoms with Gasteiger partial charge in [0.15, 0.2) is 0 Å². The van der Waals surface area contributed by atoms with Crippen LogP contribution in [0.1, 0.15) is 33.9 Å². The zero-order valence-electron chi connectivity index (χ0n) is 11.6. The standard InChI is InChI=1S/C15H24N2/c1-9-6-10(2)12(4)14(11(9)3)15(16-5)13-7-17-8-13/h6,13,15-17H,7-8H2,1-5H3. The Balaban J connectivity index is 2.48. The van der Waals surface area contributed by atoms with Crippen LogP contribution in [0.25, 0.3) is 0 Å². The molecule has 1 aliphatic rings. The van der Waals surface area contributed by atoms with Crippen molar-refractivity contribution >= 4 is 0 Å². The van der Waals surface area contributed by atoms with Crippen molar-refractivity contribution in [1.29, 1.82) is 0 Å². The zero-order valence-corrected chi connectivity index (χ0v) is 11.6. The second-order valence-corrected chi connectivity index (χ2v) is 5.36. The van der Waals surface area contributed by atoms with E-state index in [-0.39, 0.29) is 0 Å². The summed E-state index contributed by atoms with van der Waals surface area (Å²) < 4.78 is 0. The lowest BCUT2D eigenvalue weighted by Gasteiger charge is -2.37. The normalized spacial score (nSPS) is 17.9. The highest BCUT2D eigenvalue weighted by atomic mass is 15.0. The zero-order chi connectivity index (χ0) is 12.6. The van der Waals surface area contributed by atoms with Crippen LogP contribution in [0.5, 0.6) is 0 Å². The molecule has 17 heavy (non-hydrogen) atoms. The lowest BCUT2D eigenvalue weighted by molar-refractivity contribution is 0.266. The molecule has 0 saturated carbocycles. The Kier molecular flexibility index (Phi) is 3.55. The van der Waals surface area contributed by atoms with E-state index in [1.165, 1.54) is 27.8 Å². The van der Waals surface area contributed by atoms with Crippen LogP contribution in [0, 0.1) is 33.6 Å². The molecule has 0 radical (unpaired) electrons.